The minimum Gasteiger partial charge on any atom is -0.497 e. The molecule has 12 heteroatoms. The van der Waals surface area contributed by atoms with Crippen molar-refractivity contribution in [2.45, 2.75) is 83.8 Å². The van der Waals surface area contributed by atoms with Crippen LogP contribution in [0.2, 0.25) is 0 Å². The lowest BCUT2D eigenvalue weighted by molar-refractivity contribution is -0.142. The molecule has 0 radical (unpaired) electrons. The van der Waals surface area contributed by atoms with Gasteiger partial charge in [0.1, 0.15) is 11.5 Å². The Morgan fingerprint density at radius 1 is 1.17 bits per heavy atom. The third-order valence-electron chi connectivity index (χ3n) is 8.07. The molecule has 1 aliphatic heterocycles. The van der Waals surface area contributed by atoms with Gasteiger partial charge in [-0.25, -0.2) is 0 Å². The maximum atomic E-state index is 14.2. The van der Waals surface area contributed by atoms with Crippen molar-refractivity contribution in [2.75, 3.05) is 45.8 Å². The van der Waals surface area contributed by atoms with Crippen molar-refractivity contribution < 1.29 is 42.1 Å². The highest BCUT2D eigenvalue weighted by Gasteiger charge is 2.31. The van der Waals surface area contributed by atoms with Gasteiger partial charge in [0.25, 0.3) is 5.91 Å². The molecule has 0 fully saturated rings. The SMILES string of the molecule is COc1ccc(CN(C)C[C@@H]2OCCCC[C@H](C)Oc3ccc(NC(=O)CCC(F)(F)F)cc3C(=O)N([C@@H](C)CO)C[C@@H]2C)cc1. The molecule has 0 aliphatic carbocycles. The van der Waals surface area contributed by atoms with Crippen LogP contribution in [0.25, 0.3) is 0 Å². The van der Waals surface area contributed by atoms with E-state index in [1.807, 2.05) is 45.2 Å². The van der Waals surface area contributed by atoms with Gasteiger partial charge in [0.2, 0.25) is 5.91 Å². The number of carbonyl (C=O) groups is 2. The number of fused-ring (bicyclic) bond motifs is 1. The topological polar surface area (TPSA) is 101 Å². The van der Waals surface area contributed by atoms with Gasteiger partial charge in [-0.3, -0.25) is 14.5 Å². The van der Waals surface area contributed by atoms with Crippen molar-refractivity contribution in [3.8, 4) is 11.5 Å². The average Bonchev–Trinajstić information content (AvgIpc) is 3.01. The number of hydrogen-bond acceptors (Lipinski definition) is 7. The zero-order valence-corrected chi connectivity index (χ0v) is 27.4. The van der Waals surface area contributed by atoms with Crippen LogP contribution in [0.4, 0.5) is 18.9 Å². The van der Waals surface area contributed by atoms with Crippen molar-refractivity contribution in [3.63, 3.8) is 0 Å². The maximum Gasteiger partial charge on any atom is 0.389 e. The van der Waals surface area contributed by atoms with E-state index in [1.165, 1.54) is 12.1 Å². The highest BCUT2D eigenvalue weighted by molar-refractivity contribution is 5.99. The molecule has 1 aliphatic rings. The molecule has 0 spiro atoms. The number of carbonyl (C=O) groups excluding carboxylic acids is 2. The van der Waals surface area contributed by atoms with E-state index in [9.17, 15) is 27.9 Å². The van der Waals surface area contributed by atoms with Crippen molar-refractivity contribution in [1.29, 1.82) is 0 Å². The van der Waals surface area contributed by atoms with Gasteiger partial charge in [-0.1, -0.05) is 19.1 Å². The Morgan fingerprint density at radius 3 is 2.54 bits per heavy atom. The number of benzene rings is 2. The van der Waals surface area contributed by atoms with Gasteiger partial charge in [0, 0.05) is 44.3 Å². The van der Waals surface area contributed by atoms with Gasteiger partial charge < -0.3 is 29.5 Å². The first kappa shape index (κ1) is 37.1. The molecular weight excluding hydrogens is 603 g/mol. The largest absolute Gasteiger partial charge is 0.497 e. The number of anilines is 1. The fourth-order valence-corrected chi connectivity index (χ4v) is 5.36. The van der Waals surface area contributed by atoms with Crippen LogP contribution in [0, 0.1) is 5.92 Å². The predicted molar refractivity (Wildman–Crippen MR) is 170 cm³/mol. The number of alkyl halides is 3. The van der Waals surface area contributed by atoms with E-state index in [0.29, 0.717) is 31.9 Å². The van der Waals surface area contributed by atoms with Gasteiger partial charge in [-0.2, -0.15) is 13.2 Å². The molecule has 2 aromatic carbocycles. The first-order valence-corrected chi connectivity index (χ1v) is 15.8. The summed E-state index contributed by atoms with van der Waals surface area (Å²) >= 11 is 0. The summed E-state index contributed by atoms with van der Waals surface area (Å²) in [4.78, 5) is 30.2. The van der Waals surface area contributed by atoms with E-state index in [-0.39, 0.29) is 42.5 Å². The summed E-state index contributed by atoms with van der Waals surface area (Å²) < 4.78 is 55.8. The van der Waals surface area contributed by atoms with Gasteiger partial charge in [0.15, 0.2) is 0 Å². The van der Waals surface area contributed by atoms with Crippen LogP contribution in [-0.4, -0.2) is 91.6 Å². The van der Waals surface area contributed by atoms with Crippen LogP contribution < -0.4 is 14.8 Å². The Balaban J connectivity index is 1.87. The van der Waals surface area contributed by atoms with E-state index in [2.05, 4.69) is 10.2 Å². The third kappa shape index (κ3) is 11.8. The Labute approximate surface area is 270 Å². The number of likely N-dealkylation sites (N-methyl/N-ethyl adjacent to an activating group) is 1. The molecule has 2 N–H and O–H groups in total. The summed E-state index contributed by atoms with van der Waals surface area (Å²) in [7, 11) is 3.65. The van der Waals surface area contributed by atoms with E-state index in [0.717, 1.165) is 24.2 Å². The summed E-state index contributed by atoms with van der Waals surface area (Å²) in [6.45, 7) is 7.47. The lowest BCUT2D eigenvalue weighted by Crippen LogP contribution is -2.47. The van der Waals surface area contributed by atoms with Gasteiger partial charge in [0.05, 0.1) is 44.0 Å². The Kier molecular flexibility index (Phi) is 14.1. The molecule has 9 nitrogen and oxygen atoms in total. The summed E-state index contributed by atoms with van der Waals surface area (Å²) in [6, 6.07) is 11.8. The molecule has 2 amide bonds. The Hall–Kier alpha value is -3.35. The predicted octanol–water partition coefficient (Wildman–Crippen LogP) is 5.90. The van der Waals surface area contributed by atoms with Crippen molar-refractivity contribution in [1.82, 2.24) is 9.80 Å². The minimum absolute atomic E-state index is 0.132. The molecule has 46 heavy (non-hydrogen) atoms. The lowest BCUT2D eigenvalue weighted by Gasteiger charge is -2.36. The second-order valence-corrected chi connectivity index (χ2v) is 12.2. The third-order valence-corrected chi connectivity index (χ3v) is 8.07. The quantitative estimate of drug-likeness (QED) is 0.330. The average molecular weight is 652 g/mol. The second-order valence-electron chi connectivity index (χ2n) is 12.2. The van der Waals surface area contributed by atoms with Crippen LogP contribution in [0.15, 0.2) is 42.5 Å². The number of nitrogens with zero attached hydrogens (tertiary/aromatic N) is 2. The van der Waals surface area contributed by atoms with Crippen LogP contribution in [0.3, 0.4) is 0 Å². The standard InChI is InChI=1S/C34H48F3N3O6/c1-23-19-40(24(2)22-41)33(43)29-18-27(38-32(42)15-16-34(35,36)37)11-14-30(29)46-25(3)8-6-7-17-45-31(23)21-39(4)20-26-9-12-28(44-5)13-10-26/h9-14,18,23-25,31,41H,6-8,15-17,19-22H2,1-5H3,(H,38,42)/t23-,24-,25-,31-/m0/s1. The van der Waals surface area contributed by atoms with Crippen molar-refractivity contribution in [2.24, 2.45) is 5.92 Å². The minimum atomic E-state index is -4.46. The first-order valence-electron chi connectivity index (χ1n) is 15.8. The van der Waals surface area contributed by atoms with Gasteiger partial charge in [-0.05, 0) is 76.1 Å². The van der Waals surface area contributed by atoms with E-state index in [1.54, 1.807) is 25.0 Å². The molecule has 256 valence electrons. The normalized spacial score (nSPS) is 20.8. The summed E-state index contributed by atoms with van der Waals surface area (Å²) in [5, 5.41) is 12.6. The van der Waals surface area contributed by atoms with Crippen molar-refractivity contribution >= 4 is 17.5 Å². The maximum absolute atomic E-state index is 14.2. The van der Waals surface area contributed by atoms with Crippen LogP contribution in [0.5, 0.6) is 11.5 Å². The van der Waals surface area contributed by atoms with E-state index >= 15 is 0 Å². The number of aliphatic hydroxyl groups excluding tert-OH is 1. The number of halogens is 3. The smallest absolute Gasteiger partial charge is 0.389 e. The molecule has 0 bridgehead atoms. The zero-order valence-electron chi connectivity index (χ0n) is 27.4. The Bertz CT molecular complexity index is 1260. The molecule has 0 saturated carbocycles. The van der Waals surface area contributed by atoms with Gasteiger partial charge >= 0.3 is 6.18 Å². The van der Waals surface area contributed by atoms with Crippen LogP contribution >= 0.6 is 0 Å². The second kappa shape index (κ2) is 17.5. The van der Waals surface area contributed by atoms with Crippen molar-refractivity contribution in [3.05, 3.63) is 53.6 Å². The molecule has 2 aromatic rings. The van der Waals surface area contributed by atoms with Crippen LogP contribution in [0.1, 0.15) is 68.8 Å². The molecule has 4 atom stereocenters. The van der Waals surface area contributed by atoms with E-state index in [4.69, 9.17) is 14.2 Å². The number of methoxy groups -OCH3 is 1. The summed E-state index contributed by atoms with van der Waals surface area (Å²) in [5.41, 5.74) is 1.45. The molecule has 0 unspecified atom stereocenters. The molecular formula is C34H48F3N3O6. The monoisotopic (exact) mass is 651 g/mol. The first-order chi connectivity index (χ1) is 21.8. The Morgan fingerprint density at radius 2 is 1.89 bits per heavy atom. The van der Waals surface area contributed by atoms with Crippen LogP contribution in [-0.2, 0) is 16.1 Å². The molecule has 0 aromatic heterocycles. The lowest BCUT2D eigenvalue weighted by atomic mass is 10.0. The summed E-state index contributed by atoms with van der Waals surface area (Å²) in [6.07, 6.45) is -4.53. The fraction of sp³-hybridized carbons (Fsp3) is 0.588. The number of ether oxygens (including phenoxy) is 3. The van der Waals surface area contributed by atoms with E-state index < -0.39 is 36.9 Å². The van der Waals surface area contributed by atoms with Gasteiger partial charge in [-0.15, -0.1) is 0 Å². The summed E-state index contributed by atoms with van der Waals surface area (Å²) in [5.74, 6) is -0.280. The molecule has 0 saturated heterocycles. The number of hydrogen-bond donors (Lipinski definition) is 2. The zero-order chi connectivity index (χ0) is 33.9. The highest BCUT2D eigenvalue weighted by atomic mass is 19.4. The number of nitrogens with one attached hydrogen (secondary N) is 1. The molecule has 3 rings (SSSR count). The fourth-order valence-electron chi connectivity index (χ4n) is 5.36. The highest BCUT2D eigenvalue weighted by Crippen LogP contribution is 2.29. The number of rotatable bonds is 10. The number of amides is 2. The number of aliphatic hydroxyl groups is 1. The molecule has 1 heterocycles.